The molecule has 3 fully saturated rings. The van der Waals surface area contributed by atoms with Gasteiger partial charge in [0.15, 0.2) is 12.6 Å². The van der Waals surface area contributed by atoms with Crippen LogP contribution in [-0.4, -0.2) is 132 Å². The highest BCUT2D eigenvalue weighted by molar-refractivity contribution is 7.80. The average molecular weight is 548 g/mol. The van der Waals surface area contributed by atoms with Gasteiger partial charge in [-0.2, -0.15) is 8.42 Å². The number of hydrogen-bond acceptors (Lipinski definition) is 16. The maximum Gasteiger partial charge on any atom is 0.397 e. The third-order valence-electron chi connectivity index (χ3n) is 6.62. The van der Waals surface area contributed by atoms with Gasteiger partial charge < -0.3 is 68.0 Å². The molecule has 14 atom stereocenters. The van der Waals surface area contributed by atoms with Gasteiger partial charge in [-0.15, -0.1) is 0 Å². The Bertz CT molecular complexity index is 828. The van der Waals surface area contributed by atoms with Crippen LogP contribution in [0.5, 0.6) is 0 Å². The van der Waals surface area contributed by atoms with Gasteiger partial charge in [0, 0.05) is 18.6 Å². The fraction of sp³-hybridized carbons (Fsp3) is 1.00. The van der Waals surface area contributed by atoms with Gasteiger partial charge in [0.1, 0.15) is 36.6 Å². The highest BCUT2D eigenvalue weighted by Gasteiger charge is 2.51. The molecular formula is C18H37N5O12S. The maximum atomic E-state index is 11.4. The lowest BCUT2D eigenvalue weighted by molar-refractivity contribution is -0.311. The van der Waals surface area contributed by atoms with Gasteiger partial charge in [-0.25, -0.2) is 4.18 Å². The van der Waals surface area contributed by atoms with Crippen LogP contribution in [0.3, 0.4) is 0 Å². The van der Waals surface area contributed by atoms with Gasteiger partial charge >= 0.3 is 10.4 Å². The van der Waals surface area contributed by atoms with Crippen molar-refractivity contribution in [3.8, 4) is 0 Å². The third kappa shape index (κ3) is 6.67. The van der Waals surface area contributed by atoms with Gasteiger partial charge in [0.2, 0.25) is 0 Å². The molecule has 3 aliphatic rings. The second kappa shape index (κ2) is 12.0. The number of aliphatic hydroxyl groups is 4. The van der Waals surface area contributed by atoms with Crippen LogP contribution < -0.4 is 28.7 Å². The standard InChI is InChI=1S/C18H37N5O12S/c19-3-9-8(25)2-7(22)17(31-9)33-14-5(20)1-6(21)15(13(14)27)34-18-16(35-36(28,29)30)11(23)12(26)10(4-24)32-18/h5-18,24-27H,1-4,19-23H2,(H,28,29,30)/t5-,6+,7+,8-,9+,10+,11-,12+,13-,14+,15-,16+,17+,18+/m0/s1. The van der Waals surface area contributed by atoms with Crippen molar-refractivity contribution in [1.82, 2.24) is 0 Å². The summed E-state index contributed by atoms with van der Waals surface area (Å²) in [6.45, 7) is -0.718. The fourth-order valence-corrected chi connectivity index (χ4v) is 5.16. The molecule has 0 aromatic heterocycles. The number of hydrogen-bond donors (Lipinski definition) is 10. The molecule has 0 radical (unpaired) electrons. The molecule has 2 aliphatic heterocycles. The first-order valence-corrected chi connectivity index (χ1v) is 12.8. The first-order chi connectivity index (χ1) is 16.8. The SMILES string of the molecule is NC[C@H]1O[C@H](O[C@H]2[C@H](O)[C@@H](O[C@H]3O[C@H](CO)[C@@H](O)[C@H](N)[C@H]3OS(=O)(=O)O)[C@H](N)C[C@@H]2N)[C@H](N)C[C@@H]1O. The predicted molar refractivity (Wildman–Crippen MR) is 119 cm³/mol. The molecule has 1 saturated carbocycles. The van der Waals surface area contributed by atoms with Crippen molar-refractivity contribution in [2.24, 2.45) is 28.7 Å². The summed E-state index contributed by atoms with van der Waals surface area (Å²) in [6.07, 6.45) is -12.9. The monoisotopic (exact) mass is 547 g/mol. The Morgan fingerprint density at radius 1 is 0.806 bits per heavy atom. The molecule has 3 rings (SSSR count). The van der Waals surface area contributed by atoms with E-state index in [-0.39, 0.29) is 19.4 Å². The summed E-state index contributed by atoms with van der Waals surface area (Å²) in [7, 11) is -5.08. The largest absolute Gasteiger partial charge is 0.397 e. The molecule has 36 heavy (non-hydrogen) atoms. The van der Waals surface area contributed by atoms with Gasteiger partial charge in [-0.05, 0) is 12.8 Å². The molecule has 18 heteroatoms. The zero-order valence-corrected chi connectivity index (χ0v) is 20.1. The maximum absolute atomic E-state index is 11.4. The van der Waals surface area contributed by atoms with Crippen molar-refractivity contribution in [2.75, 3.05) is 13.2 Å². The topological polar surface area (TPSA) is 312 Å². The number of ether oxygens (including phenoxy) is 4. The summed E-state index contributed by atoms with van der Waals surface area (Å²) < 4.78 is 59.1. The molecule has 212 valence electrons. The molecule has 0 amide bonds. The third-order valence-corrected chi connectivity index (χ3v) is 7.09. The van der Waals surface area contributed by atoms with Gasteiger partial charge in [0.25, 0.3) is 0 Å². The van der Waals surface area contributed by atoms with Gasteiger partial charge in [-0.3, -0.25) is 4.55 Å². The first kappa shape index (κ1) is 29.9. The second-order valence-corrected chi connectivity index (χ2v) is 10.3. The highest BCUT2D eigenvalue weighted by Crippen LogP contribution is 2.31. The van der Waals surface area contributed by atoms with Gasteiger partial charge in [0.05, 0.1) is 30.9 Å². The number of rotatable bonds is 8. The zero-order valence-electron chi connectivity index (χ0n) is 19.3. The second-order valence-electron chi connectivity index (χ2n) is 9.28. The fourth-order valence-electron chi connectivity index (χ4n) is 4.66. The molecule has 0 aromatic rings. The summed E-state index contributed by atoms with van der Waals surface area (Å²) in [5, 5.41) is 40.8. The Morgan fingerprint density at radius 2 is 1.36 bits per heavy atom. The Kier molecular flexibility index (Phi) is 9.99. The van der Waals surface area contributed by atoms with E-state index in [1.54, 1.807) is 0 Å². The summed E-state index contributed by atoms with van der Waals surface area (Å²) in [4.78, 5) is 0. The van der Waals surface area contributed by atoms with E-state index in [9.17, 15) is 28.8 Å². The van der Waals surface area contributed by atoms with Crippen LogP contribution in [0.1, 0.15) is 12.8 Å². The van der Waals surface area contributed by atoms with Crippen LogP contribution in [0.15, 0.2) is 0 Å². The van der Waals surface area contributed by atoms with E-state index in [0.29, 0.717) is 0 Å². The van der Waals surface area contributed by atoms with Crippen molar-refractivity contribution >= 4 is 10.4 Å². The van der Waals surface area contributed by atoms with Crippen LogP contribution in [-0.2, 0) is 33.5 Å². The molecular weight excluding hydrogens is 510 g/mol. The lowest BCUT2D eigenvalue weighted by Crippen LogP contribution is -2.68. The molecule has 0 bridgehead atoms. The van der Waals surface area contributed by atoms with E-state index in [4.69, 9.17) is 52.2 Å². The number of aliphatic hydroxyl groups excluding tert-OH is 4. The van der Waals surface area contributed by atoms with Gasteiger partial charge in [-0.1, -0.05) is 0 Å². The molecule has 2 saturated heterocycles. The Morgan fingerprint density at radius 3 is 1.89 bits per heavy atom. The van der Waals surface area contributed by atoms with Crippen molar-refractivity contribution < 1.29 is 56.5 Å². The van der Waals surface area contributed by atoms with Crippen LogP contribution in [0, 0.1) is 0 Å². The van der Waals surface area contributed by atoms with E-state index in [1.165, 1.54) is 0 Å². The van der Waals surface area contributed by atoms with Crippen LogP contribution in [0.25, 0.3) is 0 Å². The Balaban J connectivity index is 1.78. The van der Waals surface area contributed by atoms with Crippen molar-refractivity contribution in [3.63, 3.8) is 0 Å². The molecule has 1 aliphatic carbocycles. The van der Waals surface area contributed by atoms with Crippen LogP contribution in [0.4, 0.5) is 0 Å². The number of nitrogens with two attached hydrogens (primary N) is 5. The molecule has 15 N–H and O–H groups in total. The lowest BCUT2D eigenvalue weighted by Gasteiger charge is -2.48. The minimum absolute atomic E-state index is 0.00403. The zero-order chi connectivity index (χ0) is 26.9. The molecule has 0 unspecified atom stereocenters. The Labute approximate surface area is 207 Å². The normalized spacial score (nSPS) is 48.6. The minimum Gasteiger partial charge on any atom is -0.394 e. The summed E-state index contributed by atoms with van der Waals surface area (Å²) in [6, 6.07) is -3.97. The smallest absolute Gasteiger partial charge is 0.394 e. The van der Waals surface area contributed by atoms with E-state index in [1.807, 2.05) is 0 Å². The Hall–Kier alpha value is -0.650. The molecule has 2 heterocycles. The molecule has 0 spiro atoms. The quantitative estimate of drug-likeness (QED) is 0.126. The van der Waals surface area contributed by atoms with Crippen LogP contribution >= 0.6 is 0 Å². The summed E-state index contributed by atoms with van der Waals surface area (Å²) >= 11 is 0. The van der Waals surface area contributed by atoms with E-state index < -0.39 is 103 Å². The highest BCUT2D eigenvalue weighted by atomic mass is 32.3. The van der Waals surface area contributed by atoms with Crippen molar-refractivity contribution in [2.45, 2.75) is 98.4 Å². The first-order valence-electron chi connectivity index (χ1n) is 11.4. The van der Waals surface area contributed by atoms with Crippen molar-refractivity contribution in [1.29, 1.82) is 0 Å². The average Bonchev–Trinajstić information content (AvgIpc) is 2.79. The van der Waals surface area contributed by atoms with Crippen molar-refractivity contribution in [3.05, 3.63) is 0 Å². The van der Waals surface area contributed by atoms with E-state index >= 15 is 0 Å². The summed E-state index contributed by atoms with van der Waals surface area (Å²) in [5.41, 5.74) is 29.8. The van der Waals surface area contributed by atoms with E-state index in [2.05, 4.69) is 4.18 Å². The molecule has 0 aromatic carbocycles. The lowest BCUT2D eigenvalue weighted by atomic mass is 9.84. The van der Waals surface area contributed by atoms with Crippen LogP contribution in [0.2, 0.25) is 0 Å². The molecule has 17 nitrogen and oxygen atoms in total. The minimum atomic E-state index is -5.08. The predicted octanol–water partition coefficient (Wildman–Crippen LogP) is -6.47. The summed E-state index contributed by atoms with van der Waals surface area (Å²) in [5.74, 6) is 0. The van der Waals surface area contributed by atoms with E-state index in [0.717, 1.165) is 0 Å².